The van der Waals surface area contributed by atoms with Crippen molar-refractivity contribution in [3.8, 4) is 11.5 Å². The fraction of sp³-hybridized carbons (Fsp3) is 0.538. The highest BCUT2D eigenvalue weighted by atomic mass is 16.7. The molecule has 0 bridgehead atoms. The fourth-order valence-electron chi connectivity index (χ4n) is 2.92. The number of fused-ring (bicyclic) bond motifs is 2. The van der Waals surface area contributed by atoms with Crippen molar-refractivity contribution in [2.45, 2.75) is 13.0 Å². The van der Waals surface area contributed by atoms with Gasteiger partial charge in [-0.15, -0.1) is 0 Å². The number of hydrogen-bond donors (Lipinski definition) is 0. The van der Waals surface area contributed by atoms with Crippen molar-refractivity contribution >= 4 is 0 Å². The maximum atomic E-state index is 5.39. The van der Waals surface area contributed by atoms with E-state index >= 15 is 0 Å². The summed E-state index contributed by atoms with van der Waals surface area (Å²) in [6, 6.07) is 6.29. The van der Waals surface area contributed by atoms with E-state index in [1.54, 1.807) is 0 Å². The van der Waals surface area contributed by atoms with Gasteiger partial charge in [-0.2, -0.15) is 0 Å². The number of likely N-dealkylation sites (tertiary alicyclic amines) is 1. The molecule has 1 aromatic carbocycles. The van der Waals surface area contributed by atoms with Crippen LogP contribution in [0.1, 0.15) is 12.0 Å². The lowest BCUT2D eigenvalue weighted by Gasteiger charge is -2.17. The van der Waals surface area contributed by atoms with Gasteiger partial charge in [0.2, 0.25) is 6.79 Å². The van der Waals surface area contributed by atoms with E-state index < -0.39 is 0 Å². The zero-order chi connectivity index (χ0) is 10.5. The summed E-state index contributed by atoms with van der Waals surface area (Å²) in [4.78, 5) is 2.55. The molecule has 1 aliphatic carbocycles. The second-order valence-corrected chi connectivity index (χ2v) is 5.14. The molecule has 2 aliphatic heterocycles. The van der Waals surface area contributed by atoms with Gasteiger partial charge in [0.1, 0.15) is 0 Å². The Morgan fingerprint density at radius 1 is 1.12 bits per heavy atom. The van der Waals surface area contributed by atoms with Gasteiger partial charge in [-0.3, -0.25) is 4.90 Å². The van der Waals surface area contributed by atoms with Crippen molar-refractivity contribution in [2.24, 2.45) is 11.8 Å². The Balaban J connectivity index is 1.50. The third-order valence-electron chi connectivity index (χ3n) is 3.90. The minimum Gasteiger partial charge on any atom is -0.454 e. The van der Waals surface area contributed by atoms with Gasteiger partial charge in [0.15, 0.2) is 11.5 Å². The van der Waals surface area contributed by atoms with E-state index in [2.05, 4.69) is 17.0 Å². The molecule has 0 spiro atoms. The van der Waals surface area contributed by atoms with Crippen LogP contribution in [0.5, 0.6) is 11.5 Å². The predicted octanol–water partition coefficient (Wildman–Crippen LogP) is 1.87. The maximum absolute atomic E-state index is 5.39. The third kappa shape index (κ3) is 1.39. The number of piperidine rings is 1. The van der Waals surface area contributed by atoms with Crippen LogP contribution < -0.4 is 9.47 Å². The molecule has 1 aromatic rings. The first-order chi connectivity index (χ1) is 7.88. The van der Waals surface area contributed by atoms with Crippen LogP contribution >= 0.6 is 0 Å². The van der Waals surface area contributed by atoms with E-state index in [0.717, 1.165) is 29.9 Å². The van der Waals surface area contributed by atoms with Gasteiger partial charge in [0, 0.05) is 19.6 Å². The molecule has 2 unspecified atom stereocenters. The largest absolute Gasteiger partial charge is 0.454 e. The Bertz CT molecular complexity index is 422. The van der Waals surface area contributed by atoms with Crippen LogP contribution in [0.2, 0.25) is 0 Å². The Morgan fingerprint density at radius 2 is 1.94 bits per heavy atom. The Kier molecular flexibility index (Phi) is 1.74. The first kappa shape index (κ1) is 8.88. The second kappa shape index (κ2) is 3.14. The summed E-state index contributed by atoms with van der Waals surface area (Å²) in [5.41, 5.74) is 1.34. The first-order valence-electron chi connectivity index (χ1n) is 5.99. The average molecular weight is 217 g/mol. The van der Waals surface area contributed by atoms with Crippen LogP contribution in [-0.4, -0.2) is 24.8 Å². The zero-order valence-corrected chi connectivity index (χ0v) is 9.19. The Morgan fingerprint density at radius 3 is 2.81 bits per heavy atom. The maximum Gasteiger partial charge on any atom is 0.231 e. The lowest BCUT2D eigenvalue weighted by Crippen LogP contribution is -2.21. The van der Waals surface area contributed by atoms with E-state index in [1.807, 2.05) is 6.07 Å². The SMILES string of the molecule is c1cc2c(cc1CN1CC3CC3C1)OCO2. The molecule has 3 nitrogen and oxygen atoms in total. The van der Waals surface area contributed by atoms with Crippen molar-refractivity contribution in [2.75, 3.05) is 19.9 Å². The minimum atomic E-state index is 0.368. The Hall–Kier alpha value is -1.22. The number of rotatable bonds is 2. The molecule has 1 saturated carbocycles. The van der Waals surface area contributed by atoms with Crippen molar-refractivity contribution in [3.63, 3.8) is 0 Å². The van der Waals surface area contributed by atoms with Gasteiger partial charge in [0.05, 0.1) is 0 Å². The predicted molar refractivity (Wildman–Crippen MR) is 59.4 cm³/mol. The van der Waals surface area contributed by atoms with E-state index in [-0.39, 0.29) is 0 Å². The Labute approximate surface area is 95.0 Å². The van der Waals surface area contributed by atoms with Gasteiger partial charge in [-0.1, -0.05) is 6.07 Å². The number of hydrogen-bond acceptors (Lipinski definition) is 3. The first-order valence-corrected chi connectivity index (χ1v) is 5.99. The van der Waals surface area contributed by atoms with Gasteiger partial charge >= 0.3 is 0 Å². The standard InChI is InChI=1S/C13H15NO2/c1-2-12-13(16-8-15-12)3-9(1)5-14-6-10-4-11(10)7-14/h1-3,10-11H,4-8H2. The van der Waals surface area contributed by atoms with Crippen molar-refractivity contribution in [1.82, 2.24) is 4.90 Å². The molecule has 2 atom stereocenters. The lowest BCUT2D eigenvalue weighted by molar-refractivity contribution is 0.174. The normalized spacial score (nSPS) is 30.5. The molecule has 1 saturated heterocycles. The lowest BCUT2D eigenvalue weighted by atomic mass is 10.2. The summed E-state index contributed by atoms with van der Waals surface area (Å²) in [5, 5.41) is 0. The number of ether oxygens (including phenoxy) is 2. The van der Waals surface area contributed by atoms with Gasteiger partial charge in [-0.05, 0) is 36.0 Å². The van der Waals surface area contributed by atoms with Crippen LogP contribution in [-0.2, 0) is 6.54 Å². The van der Waals surface area contributed by atoms with E-state index in [0.29, 0.717) is 6.79 Å². The molecular formula is C13H15NO2. The van der Waals surface area contributed by atoms with Crippen molar-refractivity contribution in [1.29, 1.82) is 0 Å². The summed E-state index contributed by atoms with van der Waals surface area (Å²) in [6.45, 7) is 4.01. The molecule has 4 rings (SSSR count). The summed E-state index contributed by atoms with van der Waals surface area (Å²) < 4.78 is 10.7. The summed E-state index contributed by atoms with van der Waals surface area (Å²) in [5.74, 6) is 3.80. The molecule has 0 amide bonds. The second-order valence-electron chi connectivity index (χ2n) is 5.14. The van der Waals surface area contributed by atoms with Crippen molar-refractivity contribution < 1.29 is 9.47 Å². The topological polar surface area (TPSA) is 21.7 Å². The molecule has 2 fully saturated rings. The molecular weight excluding hydrogens is 202 g/mol. The quantitative estimate of drug-likeness (QED) is 0.754. The van der Waals surface area contributed by atoms with Crippen LogP contribution in [0.3, 0.4) is 0 Å². The molecule has 3 heteroatoms. The highest BCUT2D eigenvalue weighted by Crippen LogP contribution is 2.45. The monoisotopic (exact) mass is 217 g/mol. The minimum absolute atomic E-state index is 0.368. The summed E-state index contributed by atoms with van der Waals surface area (Å²) in [6.07, 6.45) is 1.47. The molecule has 16 heavy (non-hydrogen) atoms. The van der Waals surface area contributed by atoms with Crippen LogP contribution in [0.4, 0.5) is 0 Å². The highest BCUT2D eigenvalue weighted by Gasteiger charge is 2.44. The smallest absolute Gasteiger partial charge is 0.231 e. The summed E-state index contributed by atoms with van der Waals surface area (Å²) in [7, 11) is 0. The van der Waals surface area contributed by atoms with Gasteiger partial charge < -0.3 is 9.47 Å². The third-order valence-corrected chi connectivity index (χ3v) is 3.90. The zero-order valence-electron chi connectivity index (χ0n) is 9.19. The van der Waals surface area contributed by atoms with E-state index in [1.165, 1.54) is 25.1 Å². The van der Waals surface area contributed by atoms with E-state index in [4.69, 9.17) is 9.47 Å². The fourth-order valence-corrected chi connectivity index (χ4v) is 2.92. The van der Waals surface area contributed by atoms with E-state index in [9.17, 15) is 0 Å². The van der Waals surface area contributed by atoms with Gasteiger partial charge in [0.25, 0.3) is 0 Å². The molecule has 3 aliphatic rings. The molecule has 0 radical (unpaired) electrons. The van der Waals surface area contributed by atoms with Crippen molar-refractivity contribution in [3.05, 3.63) is 23.8 Å². The molecule has 84 valence electrons. The highest BCUT2D eigenvalue weighted by molar-refractivity contribution is 5.44. The molecule has 0 N–H and O–H groups in total. The molecule has 0 aromatic heterocycles. The number of benzene rings is 1. The van der Waals surface area contributed by atoms with Crippen LogP contribution in [0.25, 0.3) is 0 Å². The summed E-state index contributed by atoms with van der Waals surface area (Å²) >= 11 is 0. The number of nitrogens with zero attached hydrogens (tertiary/aromatic N) is 1. The van der Waals surface area contributed by atoms with Crippen LogP contribution in [0.15, 0.2) is 18.2 Å². The molecule has 2 heterocycles. The van der Waals surface area contributed by atoms with Crippen LogP contribution in [0, 0.1) is 11.8 Å². The van der Waals surface area contributed by atoms with Gasteiger partial charge in [-0.25, -0.2) is 0 Å². The average Bonchev–Trinajstić information content (AvgIpc) is 2.75.